The molecule has 0 spiro atoms. The maximum absolute atomic E-state index is 11.8. The molecule has 1 aromatic carbocycles. The van der Waals surface area contributed by atoms with Crippen LogP contribution in [-0.4, -0.2) is 26.2 Å². The summed E-state index contributed by atoms with van der Waals surface area (Å²) in [6, 6.07) is 4.45. The fourth-order valence-electron chi connectivity index (χ4n) is 1.11. The molecular weight excluding hydrogens is 252 g/mol. The third-order valence-corrected chi connectivity index (χ3v) is 3.80. The molecule has 0 saturated heterocycles. The van der Waals surface area contributed by atoms with Crippen LogP contribution in [0.4, 0.5) is 5.69 Å². The van der Waals surface area contributed by atoms with E-state index in [1.54, 1.807) is 6.07 Å². The molecule has 5 nitrogen and oxygen atoms in total. The predicted molar refractivity (Wildman–Crippen MR) is 62.7 cm³/mol. The quantitative estimate of drug-likeness (QED) is 0.694. The Labute approximate surface area is 99.3 Å². The molecular formula is C9H13ClN2O3S. The minimum absolute atomic E-state index is 0.0538. The molecule has 0 radical (unpaired) electrons. The Hall–Kier alpha value is -0.820. The lowest BCUT2D eigenvalue weighted by Gasteiger charge is -2.11. The van der Waals surface area contributed by atoms with E-state index >= 15 is 0 Å². The van der Waals surface area contributed by atoms with Crippen LogP contribution in [0.25, 0.3) is 0 Å². The number of aliphatic hydroxyl groups excluding tert-OH is 1. The summed E-state index contributed by atoms with van der Waals surface area (Å²) in [5, 5.41) is 9.06. The highest BCUT2D eigenvalue weighted by atomic mass is 35.5. The summed E-state index contributed by atoms with van der Waals surface area (Å²) in [7, 11) is -3.78. The number of hydrogen-bond donors (Lipinski definition) is 3. The van der Waals surface area contributed by atoms with Crippen LogP contribution in [0.3, 0.4) is 0 Å². The van der Waals surface area contributed by atoms with Crippen molar-refractivity contribution in [1.82, 2.24) is 4.72 Å². The zero-order chi connectivity index (χ0) is 12.3. The molecule has 0 saturated carbocycles. The van der Waals surface area contributed by atoms with Crippen molar-refractivity contribution in [1.29, 1.82) is 0 Å². The third kappa shape index (κ3) is 3.08. The van der Waals surface area contributed by atoms with Crippen molar-refractivity contribution in [2.45, 2.75) is 17.9 Å². The highest BCUT2D eigenvalue weighted by Gasteiger charge is 2.20. The Morgan fingerprint density at radius 1 is 1.56 bits per heavy atom. The van der Waals surface area contributed by atoms with Gasteiger partial charge in [0.1, 0.15) is 4.90 Å². The molecule has 0 aliphatic heterocycles. The number of anilines is 1. The molecule has 0 aliphatic rings. The second kappa shape index (κ2) is 5.01. The summed E-state index contributed by atoms with van der Waals surface area (Å²) in [6.45, 7) is 1.38. The average Bonchev–Trinajstić information content (AvgIpc) is 2.14. The smallest absolute Gasteiger partial charge is 0.244 e. The van der Waals surface area contributed by atoms with Gasteiger partial charge in [0.25, 0.3) is 0 Å². The zero-order valence-electron chi connectivity index (χ0n) is 8.64. The van der Waals surface area contributed by atoms with E-state index < -0.39 is 16.1 Å². The predicted octanol–water partition coefficient (Wildman–Crippen LogP) is 0.581. The lowest BCUT2D eigenvalue weighted by atomic mass is 10.3. The number of nitrogen functional groups attached to an aromatic ring is 1. The molecule has 1 atom stereocenters. The van der Waals surface area contributed by atoms with E-state index in [-0.39, 0.29) is 22.2 Å². The van der Waals surface area contributed by atoms with Crippen molar-refractivity contribution in [3.63, 3.8) is 0 Å². The van der Waals surface area contributed by atoms with E-state index in [4.69, 9.17) is 22.4 Å². The maximum atomic E-state index is 11.8. The van der Waals surface area contributed by atoms with Gasteiger partial charge >= 0.3 is 0 Å². The molecule has 0 bridgehead atoms. The average molecular weight is 265 g/mol. The Balaban J connectivity index is 3.08. The lowest BCUT2D eigenvalue weighted by Crippen LogP contribution is -2.31. The molecule has 0 amide bonds. The molecule has 0 aromatic heterocycles. The lowest BCUT2D eigenvalue weighted by molar-refractivity contribution is 0.198. The Bertz CT molecular complexity index is 453. The molecule has 4 N–H and O–H groups in total. The van der Waals surface area contributed by atoms with Gasteiger partial charge in [0, 0.05) is 6.54 Å². The van der Waals surface area contributed by atoms with Gasteiger partial charge in [-0.05, 0) is 19.1 Å². The standard InChI is InChI=1S/C9H13ClN2O3S/c1-6(13)5-12-16(14,15)9-7(10)3-2-4-8(9)11/h2-4,6,12-13H,5,11H2,1H3/t6-/m0/s1. The van der Waals surface area contributed by atoms with Gasteiger partial charge in [-0.2, -0.15) is 0 Å². The molecule has 90 valence electrons. The second-order valence-corrected chi connectivity index (χ2v) is 5.47. The van der Waals surface area contributed by atoms with E-state index in [2.05, 4.69) is 4.72 Å². The Morgan fingerprint density at radius 3 is 2.69 bits per heavy atom. The second-order valence-electron chi connectivity index (χ2n) is 3.36. The summed E-state index contributed by atoms with van der Waals surface area (Å²) in [4.78, 5) is -0.155. The number of hydrogen-bond acceptors (Lipinski definition) is 4. The monoisotopic (exact) mass is 264 g/mol. The van der Waals surface area contributed by atoms with E-state index in [1.165, 1.54) is 19.1 Å². The molecule has 0 fully saturated rings. The van der Waals surface area contributed by atoms with E-state index in [1.807, 2.05) is 0 Å². The van der Waals surface area contributed by atoms with Gasteiger partial charge < -0.3 is 10.8 Å². The number of sulfonamides is 1. The van der Waals surface area contributed by atoms with E-state index in [9.17, 15) is 8.42 Å². The Morgan fingerprint density at radius 2 is 2.19 bits per heavy atom. The van der Waals surface area contributed by atoms with Crippen LogP contribution in [0.2, 0.25) is 5.02 Å². The maximum Gasteiger partial charge on any atom is 0.244 e. The van der Waals surface area contributed by atoms with Crippen molar-refractivity contribution < 1.29 is 13.5 Å². The van der Waals surface area contributed by atoms with E-state index in [0.717, 1.165) is 0 Å². The summed E-state index contributed by atoms with van der Waals surface area (Å²) in [5.74, 6) is 0. The first kappa shape index (κ1) is 13.2. The fourth-order valence-corrected chi connectivity index (χ4v) is 2.91. The fraction of sp³-hybridized carbons (Fsp3) is 0.333. The van der Waals surface area contributed by atoms with Crippen LogP contribution in [-0.2, 0) is 10.0 Å². The molecule has 0 heterocycles. The van der Waals surface area contributed by atoms with Gasteiger partial charge in [-0.25, -0.2) is 13.1 Å². The molecule has 7 heteroatoms. The number of nitrogens with two attached hydrogens (primary N) is 1. The van der Waals surface area contributed by atoms with Gasteiger partial charge in [-0.15, -0.1) is 0 Å². The Kier molecular flexibility index (Phi) is 4.15. The number of nitrogens with one attached hydrogen (secondary N) is 1. The minimum Gasteiger partial charge on any atom is -0.398 e. The molecule has 1 aromatic rings. The van der Waals surface area contributed by atoms with Crippen LogP contribution in [0.5, 0.6) is 0 Å². The highest BCUT2D eigenvalue weighted by molar-refractivity contribution is 7.89. The highest BCUT2D eigenvalue weighted by Crippen LogP contribution is 2.26. The van der Waals surface area contributed by atoms with Crippen molar-refractivity contribution in [3.05, 3.63) is 23.2 Å². The largest absolute Gasteiger partial charge is 0.398 e. The molecule has 0 aliphatic carbocycles. The first-order valence-corrected chi connectivity index (χ1v) is 6.42. The summed E-state index contributed by atoms with van der Waals surface area (Å²) < 4.78 is 25.8. The van der Waals surface area contributed by atoms with Crippen LogP contribution < -0.4 is 10.5 Å². The van der Waals surface area contributed by atoms with Gasteiger partial charge in [0.15, 0.2) is 0 Å². The molecule has 1 rings (SSSR count). The topological polar surface area (TPSA) is 92.4 Å². The summed E-state index contributed by atoms with van der Waals surface area (Å²) >= 11 is 5.77. The van der Waals surface area contributed by atoms with Gasteiger partial charge in [0.2, 0.25) is 10.0 Å². The van der Waals surface area contributed by atoms with Crippen LogP contribution in [0.15, 0.2) is 23.1 Å². The molecule has 0 unspecified atom stereocenters. The van der Waals surface area contributed by atoms with E-state index in [0.29, 0.717) is 0 Å². The van der Waals surface area contributed by atoms with Crippen molar-refractivity contribution >= 4 is 27.3 Å². The molecule has 16 heavy (non-hydrogen) atoms. The minimum atomic E-state index is -3.78. The van der Waals surface area contributed by atoms with Crippen molar-refractivity contribution in [3.8, 4) is 0 Å². The van der Waals surface area contributed by atoms with Gasteiger partial charge in [-0.1, -0.05) is 17.7 Å². The third-order valence-electron chi connectivity index (χ3n) is 1.83. The number of aliphatic hydroxyl groups is 1. The van der Waals surface area contributed by atoms with Gasteiger partial charge in [-0.3, -0.25) is 0 Å². The van der Waals surface area contributed by atoms with Crippen molar-refractivity contribution in [2.75, 3.05) is 12.3 Å². The van der Waals surface area contributed by atoms with Crippen LogP contribution >= 0.6 is 11.6 Å². The first-order valence-electron chi connectivity index (χ1n) is 4.56. The normalized spacial score (nSPS) is 13.7. The summed E-state index contributed by atoms with van der Waals surface area (Å²) in [6.07, 6.45) is -0.779. The van der Waals surface area contributed by atoms with Crippen LogP contribution in [0, 0.1) is 0 Å². The van der Waals surface area contributed by atoms with Gasteiger partial charge in [0.05, 0.1) is 16.8 Å². The number of rotatable bonds is 4. The zero-order valence-corrected chi connectivity index (χ0v) is 10.2. The first-order chi connectivity index (χ1) is 7.34. The number of halogens is 1. The van der Waals surface area contributed by atoms with Crippen LogP contribution in [0.1, 0.15) is 6.92 Å². The SMILES string of the molecule is C[C@H](O)CNS(=O)(=O)c1c(N)cccc1Cl. The van der Waals surface area contributed by atoms with Crippen molar-refractivity contribution in [2.24, 2.45) is 0 Å². The summed E-state index contributed by atoms with van der Waals surface area (Å²) in [5.41, 5.74) is 5.62. The number of benzene rings is 1.